The number of hydrogen-bond donors (Lipinski definition) is 1. The van der Waals surface area contributed by atoms with Crippen LogP contribution in [-0.2, 0) is 4.79 Å². The topological polar surface area (TPSA) is 78.4 Å². The number of aromatic nitrogens is 2. The Bertz CT molecular complexity index is 829. The lowest BCUT2D eigenvalue weighted by Gasteiger charge is -2.32. The maximum Gasteiger partial charge on any atom is 0.274 e. The molecule has 1 aromatic heterocycles. The van der Waals surface area contributed by atoms with Crippen LogP contribution in [0.15, 0.2) is 24.3 Å². The number of rotatable bonds is 4. The van der Waals surface area contributed by atoms with Gasteiger partial charge in [0.2, 0.25) is 12.4 Å². The molecule has 0 spiro atoms. The lowest BCUT2D eigenvalue weighted by atomic mass is 10.1. The summed E-state index contributed by atoms with van der Waals surface area (Å²) in [5, 5.41) is 2.92. The van der Waals surface area contributed by atoms with Gasteiger partial charge < -0.3 is 15.1 Å². The molecule has 0 saturated carbocycles. The standard InChI is InChI=1S/C19H23N5O2/c1-13-4-5-16(14(2)10-13)21-18(26)17-11-15(3)20-19(22-17)24-8-6-23(12-25)7-9-24/h4-5,10-12H,6-9H2,1-3H3,(H,21,26). The van der Waals surface area contributed by atoms with E-state index in [1.165, 1.54) is 0 Å². The fourth-order valence-corrected chi connectivity index (χ4v) is 2.98. The molecule has 136 valence electrons. The summed E-state index contributed by atoms with van der Waals surface area (Å²) in [5.74, 6) is 0.275. The Labute approximate surface area is 153 Å². The van der Waals surface area contributed by atoms with Crippen molar-refractivity contribution in [1.82, 2.24) is 14.9 Å². The van der Waals surface area contributed by atoms with Crippen molar-refractivity contribution in [3.8, 4) is 0 Å². The molecule has 1 N–H and O–H groups in total. The van der Waals surface area contributed by atoms with Gasteiger partial charge in [-0.3, -0.25) is 9.59 Å². The Morgan fingerprint density at radius 1 is 1.08 bits per heavy atom. The summed E-state index contributed by atoms with van der Waals surface area (Å²) in [6.45, 7) is 8.39. The minimum absolute atomic E-state index is 0.254. The Hall–Kier alpha value is -2.96. The second kappa shape index (κ2) is 7.51. The third-order valence-electron chi connectivity index (χ3n) is 4.45. The van der Waals surface area contributed by atoms with E-state index in [2.05, 4.69) is 15.3 Å². The number of benzene rings is 1. The first-order valence-corrected chi connectivity index (χ1v) is 8.65. The van der Waals surface area contributed by atoms with Crippen LogP contribution in [0.3, 0.4) is 0 Å². The smallest absolute Gasteiger partial charge is 0.274 e. The molecule has 1 aromatic carbocycles. The summed E-state index contributed by atoms with van der Waals surface area (Å²) >= 11 is 0. The molecule has 3 rings (SSSR count). The minimum atomic E-state index is -0.254. The minimum Gasteiger partial charge on any atom is -0.342 e. The van der Waals surface area contributed by atoms with Crippen LogP contribution in [0.25, 0.3) is 0 Å². The van der Waals surface area contributed by atoms with Gasteiger partial charge in [0.05, 0.1) is 0 Å². The number of anilines is 2. The van der Waals surface area contributed by atoms with Crippen molar-refractivity contribution < 1.29 is 9.59 Å². The summed E-state index contributed by atoms with van der Waals surface area (Å²) in [5.41, 5.74) is 4.01. The highest BCUT2D eigenvalue weighted by atomic mass is 16.2. The van der Waals surface area contributed by atoms with Crippen LogP contribution in [0, 0.1) is 20.8 Å². The highest BCUT2D eigenvalue weighted by Gasteiger charge is 2.20. The maximum absolute atomic E-state index is 12.7. The van der Waals surface area contributed by atoms with E-state index in [-0.39, 0.29) is 5.91 Å². The summed E-state index contributed by atoms with van der Waals surface area (Å²) in [6.07, 6.45) is 0.858. The quantitative estimate of drug-likeness (QED) is 0.850. The Morgan fingerprint density at radius 2 is 1.81 bits per heavy atom. The van der Waals surface area contributed by atoms with Crippen LogP contribution >= 0.6 is 0 Å². The van der Waals surface area contributed by atoms with Crippen LogP contribution in [0.1, 0.15) is 27.3 Å². The zero-order valence-electron chi connectivity index (χ0n) is 15.3. The van der Waals surface area contributed by atoms with Crippen LogP contribution in [0.5, 0.6) is 0 Å². The van der Waals surface area contributed by atoms with Crippen molar-refractivity contribution in [2.45, 2.75) is 20.8 Å². The van der Waals surface area contributed by atoms with Gasteiger partial charge in [-0.15, -0.1) is 0 Å². The molecular weight excluding hydrogens is 330 g/mol. The molecule has 0 radical (unpaired) electrons. The number of carbonyl (C=O) groups is 2. The molecule has 0 atom stereocenters. The Morgan fingerprint density at radius 3 is 2.46 bits per heavy atom. The predicted molar refractivity (Wildman–Crippen MR) is 100 cm³/mol. The van der Waals surface area contributed by atoms with Gasteiger partial charge in [0.15, 0.2) is 0 Å². The first-order valence-electron chi connectivity index (χ1n) is 8.65. The van der Waals surface area contributed by atoms with Gasteiger partial charge in [0.1, 0.15) is 5.69 Å². The summed E-state index contributed by atoms with van der Waals surface area (Å²) in [4.78, 5) is 36.1. The molecule has 0 aliphatic carbocycles. The molecule has 7 heteroatoms. The van der Waals surface area contributed by atoms with E-state index < -0.39 is 0 Å². The average Bonchev–Trinajstić information content (AvgIpc) is 2.63. The van der Waals surface area contributed by atoms with Crippen molar-refractivity contribution in [1.29, 1.82) is 0 Å². The van der Waals surface area contributed by atoms with Gasteiger partial charge in [-0.1, -0.05) is 17.7 Å². The van der Waals surface area contributed by atoms with Crippen molar-refractivity contribution in [2.24, 2.45) is 0 Å². The molecule has 26 heavy (non-hydrogen) atoms. The molecule has 0 bridgehead atoms. The normalized spacial score (nSPS) is 14.3. The SMILES string of the molecule is Cc1ccc(NC(=O)c2cc(C)nc(N3CCN(C=O)CC3)n2)c(C)c1. The van der Waals surface area contributed by atoms with Gasteiger partial charge in [-0.25, -0.2) is 9.97 Å². The fraction of sp³-hybridized carbons (Fsp3) is 0.368. The number of carbonyl (C=O) groups excluding carboxylic acids is 2. The number of aryl methyl sites for hydroxylation is 3. The number of piperazine rings is 1. The molecule has 2 aromatic rings. The van der Waals surface area contributed by atoms with Gasteiger partial charge in [0, 0.05) is 37.6 Å². The maximum atomic E-state index is 12.7. The summed E-state index contributed by atoms with van der Waals surface area (Å²) in [6, 6.07) is 7.57. The number of hydrogen-bond acceptors (Lipinski definition) is 5. The number of amides is 2. The van der Waals surface area contributed by atoms with Crippen molar-refractivity contribution in [3.63, 3.8) is 0 Å². The summed E-state index contributed by atoms with van der Waals surface area (Å²) in [7, 11) is 0. The molecule has 1 aliphatic rings. The monoisotopic (exact) mass is 353 g/mol. The van der Waals surface area contributed by atoms with E-state index in [4.69, 9.17) is 0 Å². The van der Waals surface area contributed by atoms with E-state index in [1.807, 2.05) is 43.9 Å². The fourth-order valence-electron chi connectivity index (χ4n) is 2.98. The van der Waals surface area contributed by atoms with E-state index in [0.717, 1.165) is 28.9 Å². The molecule has 2 heterocycles. The molecule has 1 aliphatic heterocycles. The van der Waals surface area contributed by atoms with Crippen LogP contribution in [0.2, 0.25) is 0 Å². The van der Waals surface area contributed by atoms with Crippen molar-refractivity contribution in [3.05, 3.63) is 46.8 Å². The largest absolute Gasteiger partial charge is 0.342 e. The van der Waals surface area contributed by atoms with E-state index >= 15 is 0 Å². The predicted octanol–water partition coefficient (Wildman–Crippen LogP) is 1.93. The zero-order valence-corrected chi connectivity index (χ0v) is 15.3. The zero-order chi connectivity index (χ0) is 18.7. The Kier molecular flexibility index (Phi) is 5.16. The van der Waals surface area contributed by atoms with E-state index in [9.17, 15) is 9.59 Å². The molecule has 1 saturated heterocycles. The highest BCUT2D eigenvalue weighted by Crippen LogP contribution is 2.18. The molecule has 0 unspecified atom stereocenters. The third-order valence-corrected chi connectivity index (χ3v) is 4.45. The summed E-state index contributed by atoms with van der Waals surface area (Å²) < 4.78 is 0. The van der Waals surface area contributed by atoms with E-state index in [1.54, 1.807) is 11.0 Å². The second-order valence-corrected chi connectivity index (χ2v) is 6.60. The number of nitrogens with zero attached hydrogens (tertiary/aromatic N) is 4. The number of nitrogens with one attached hydrogen (secondary N) is 1. The third kappa shape index (κ3) is 3.99. The first-order chi connectivity index (χ1) is 12.5. The van der Waals surface area contributed by atoms with Crippen LogP contribution in [-0.4, -0.2) is 53.4 Å². The molecule has 7 nitrogen and oxygen atoms in total. The van der Waals surface area contributed by atoms with Crippen molar-refractivity contribution in [2.75, 3.05) is 36.4 Å². The van der Waals surface area contributed by atoms with Gasteiger partial charge in [-0.2, -0.15) is 0 Å². The molecule has 1 fully saturated rings. The average molecular weight is 353 g/mol. The first kappa shape index (κ1) is 17.8. The van der Waals surface area contributed by atoms with Gasteiger partial charge >= 0.3 is 0 Å². The van der Waals surface area contributed by atoms with Crippen LogP contribution in [0.4, 0.5) is 11.6 Å². The lowest BCUT2D eigenvalue weighted by molar-refractivity contribution is -0.118. The van der Waals surface area contributed by atoms with Crippen LogP contribution < -0.4 is 10.2 Å². The highest BCUT2D eigenvalue weighted by molar-refractivity contribution is 6.03. The van der Waals surface area contributed by atoms with E-state index in [0.29, 0.717) is 37.8 Å². The molecule has 2 amide bonds. The Balaban J connectivity index is 1.78. The lowest BCUT2D eigenvalue weighted by Crippen LogP contribution is -2.46. The van der Waals surface area contributed by atoms with Crippen molar-refractivity contribution >= 4 is 24.0 Å². The van der Waals surface area contributed by atoms with Gasteiger partial charge in [-0.05, 0) is 38.5 Å². The molecular formula is C19H23N5O2. The second-order valence-electron chi connectivity index (χ2n) is 6.60. The van der Waals surface area contributed by atoms with Gasteiger partial charge in [0.25, 0.3) is 5.91 Å².